The Morgan fingerprint density at radius 2 is 0.714 bits per heavy atom. The van der Waals surface area contributed by atoms with Crippen LogP contribution in [0.15, 0.2) is 239 Å². The summed E-state index contributed by atoms with van der Waals surface area (Å²) in [5.41, 5.74) is 13.3. The van der Waals surface area contributed by atoms with Crippen molar-refractivity contribution >= 4 is 65.4 Å². The van der Waals surface area contributed by atoms with Crippen LogP contribution in [0, 0.1) is 0 Å². The van der Waals surface area contributed by atoms with E-state index in [2.05, 4.69) is 152 Å². The van der Waals surface area contributed by atoms with Gasteiger partial charge in [-0.2, -0.15) is 0 Å². The van der Waals surface area contributed by atoms with Crippen LogP contribution in [0.4, 0.5) is 0 Å². The van der Waals surface area contributed by atoms with Crippen molar-refractivity contribution in [1.29, 1.82) is 0 Å². The van der Waals surface area contributed by atoms with Gasteiger partial charge in [0.1, 0.15) is 16.7 Å². The average molecular weight is 895 g/mol. The number of rotatable bonds is 7. The molecule has 14 aromatic rings. The molecule has 70 heavy (non-hydrogen) atoms. The monoisotopic (exact) mass is 894 g/mol. The van der Waals surface area contributed by atoms with Crippen LogP contribution in [0.2, 0.25) is 0 Å². The maximum Gasteiger partial charge on any atom is 0.228 e. The van der Waals surface area contributed by atoms with E-state index in [9.17, 15) is 0 Å². The third-order valence-corrected chi connectivity index (χ3v) is 13.6. The summed E-state index contributed by atoms with van der Waals surface area (Å²) >= 11 is 0. The summed E-state index contributed by atoms with van der Waals surface area (Å²) < 4.78 is 13.5. The number of aromatic nitrogens is 4. The van der Waals surface area contributed by atoms with Gasteiger partial charge in [-0.1, -0.05) is 212 Å². The van der Waals surface area contributed by atoms with Crippen LogP contribution in [-0.4, -0.2) is 19.9 Å². The van der Waals surface area contributed by atoms with Crippen LogP contribution in [-0.2, 0) is 0 Å². The molecular formula is C64H38N4O2. The van der Waals surface area contributed by atoms with E-state index in [1.54, 1.807) is 0 Å². The molecule has 3 heterocycles. The van der Waals surface area contributed by atoms with E-state index in [-0.39, 0.29) is 0 Å². The molecule has 6 heteroatoms. The summed E-state index contributed by atoms with van der Waals surface area (Å²) in [6.07, 6.45) is 0. The summed E-state index contributed by atoms with van der Waals surface area (Å²) in [7, 11) is 0. The molecule has 0 amide bonds. The predicted molar refractivity (Wildman–Crippen MR) is 285 cm³/mol. The number of benzene rings is 11. The molecule has 3 aromatic heterocycles. The van der Waals surface area contributed by atoms with Gasteiger partial charge in [0.2, 0.25) is 5.89 Å². The first-order valence-corrected chi connectivity index (χ1v) is 23.4. The number of para-hydroxylation sites is 1. The van der Waals surface area contributed by atoms with E-state index >= 15 is 0 Å². The second-order valence-electron chi connectivity index (χ2n) is 17.7. The topological polar surface area (TPSA) is 77.8 Å². The van der Waals surface area contributed by atoms with Crippen LogP contribution in [0.1, 0.15) is 0 Å². The first kappa shape index (κ1) is 39.6. The van der Waals surface area contributed by atoms with Gasteiger partial charge in [0.25, 0.3) is 0 Å². The van der Waals surface area contributed by atoms with Crippen molar-refractivity contribution in [1.82, 2.24) is 19.9 Å². The fourth-order valence-corrected chi connectivity index (χ4v) is 10.2. The zero-order chi connectivity index (χ0) is 46.1. The van der Waals surface area contributed by atoms with Crippen LogP contribution < -0.4 is 0 Å². The van der Waals surface area contributed by atoms with Crippen molar-refractivity contribution in [3.05, 3.63) is 231 Å². The minimum atomic E-state index is 0.583. The Labute approximate surface area is 401 Å². The van der Waals surface area contributed by atoms with Gasteiger partial charge in [-0.3, -0.25) is 0 Å². The molecule has 6 nitrogen and oxygen atoms in total. The molecule has 0 aliphatic carbocycles. The van der Waals surface area contributed by atoms with Gasteiger partial charge in [0.05, 0.1) is 10.9 Å². The first-order valence-electron chi connectivity index (χ1n) is 23.4. The quantitative estimate of drug-likeness (QED) is 0.148. The average Bonchev–Trinajstić information content (AvgIpc) is 4.04. The molecule has 11 aromatic carbocycles. The van der Waals surface area contributed by atoms with Crippen LogP contribution in [0.5, 0.6) is 0 Å². The van der Waals surface area contributed by atoms with Crippen molar-refractivity contribution in [2.75, 3.05) is 0 Å². The highest BCUT2D eigenvalue weighted by molar-refractivity contribution is 6.20. The Bertz CT molecular complexity index is 4220. The van der Waals surface area contributed by atoms with E-state index < -0.39 is 0 Å². The third kappa shape index (κ3) is 6.57. The number of hydrogen-bond acceptors (Lipinski definition) is 6. The molecule has 0 unspecified atom stereocenters. The number of fused-ring (bicyclic) bond motifs is 8. The lowest BCUT2D eigenvalue weighted by Crippen LogP contribution is -2.00. The highest BCUT2D eigenvalue weighted by Gasteiger charge is 2.23. The molecule has 326 valence electrons. The highest BCUT2D eigenvalue weighted by atomic mass is 16.4. The van der Waals surface area contributed by atoms with Gasteiger partial charge in [-0.05, 0) is 78.3 Å². The minimum absolute atomic E-state index is 0.583. The fourth-order valence-electron chi connectivity index (χ4n) is 10.2. The largest absolute Gasteiger partial charge is 0.456 e. The van der Waals surface area contributed by atoms with Gasteiger partial charge in [-0.25, -0.2) is 19.9 Å². The van der Waals surface area contributed by atoms with Gasteiger partial charge < -0.3 is 8.83 Å². The second-order valence-corrected chi connectivity index (χ2v) is 17.7. The Hall–Kier alpha value is -9.52. The number of nitrogens with zero attached hydrogens (tertiary/aromatic N) is 4. The SMILES string of the molecule is c1ccc(-c2nc(-c3ccccc3)nc(-c3ccc(-c4ccc(-c5ccc(-c6cc7oc8ccccc8c7c7oc(-c8c9ccccc9cc9ccccc89)nc67)cc5)c5ccccc45)cc3)n2)cc1. The number of oxazole rings is 1. The summed E-state index contributed by atoms with van der Waals surface area (Å²) in [5, 5.41) is 8.73. The molecule has 0 saturated heterocycles. The lowest BCUT2D eigenvalue weighted by molar-refractivity contribution is 0.623. The Morgan fingerprint density at radius 1 is 0.286 bits per heavy atom. The molecule has 14 rings (SSSR count). The first-order chi connectivity index (χ1) is 34.7. The molecular weight excluding hydrogens is 857 g/mol. The van der Waals surface area contributed by atoms with Crippen molar-refractivity contribution in [3.8, 4) is 79.0 Å². The Morgan fingerprint density at radius 3 is 1.26 bits per heavy atom. The normalized spacial score (nSPS) is 11.7. The second kappa shape index (κ2) is 16.1. The van der Waals surface area contributed by atoms with Crippen molar-refractivity contribution in [2.24, 2.45) is 0 Å². The molecule has 0 fully saturated rings. The van der Waals surface area contributed by atoms with E-state index in [1.807, 2.05) is 78.9 Å². The van der Waals surface area contributed by atoms with Gasteiger partial charge in [-0.15, -0.1) is 0 Å². The molecule has 0 bridgehead atoms. The zero-order valence-corrected chi connectivity index (χ0v) is 37.5. The summed E-state index contributed by atoms with van der Waals surface area (Å²) in [6.45, 7) is 0. The fraction of sp³-hybridized carbons (Fsp3) is 0. The molecule has 0 N–H and O–H groups in total. The van der Waals surface area contributed by atoms with Crippen molar-refractivity contribution < 1.29 is 8.83 Å². The van der Waals surface area contributed by atoms with Crippen LogP contribution in [0.25, 0.3) is 144 Å². The molecule has 0 spiro atoms. The van der Waals surface area contributed by atoms with Crippen molar-refractivity contribution in [3.63, 3.8) is 0 Å². The molecule has 0 atom stereocenters. The minimum Gasteiger partial charge on any atom is -0.456 e. The lowest BCUT2D eigenvalue weighted by atomic mass is 9.91. The highest BCUT2D eigenvalue weighted by Crippen LogP contribution is 2.45. The molecule has 0 aliphatic heterocycles. The smallest absolute Gasteiger partial charge is 0.228 e. The van der Waals surface area contributed by atoms with E-state index in [0.29, 0.717) is 28.9 Å². The lowest BCUT2D eigenvalue weighted by Gasteiger charge is -2.13. The van der Waals surface area contributed by atoms with Gasteiger partial charge >= 0.3 is 0 Å². The molecule has 0 saturated carbocycles. The number of furan rings is 1. The van der Waals surface area contributed by atoms with E-state index in [0.717, 1.165) is 105 Å². The standard InChI is InChI=1S/C64H38N4O2/c1-3-15-42(16-4-1)61-66-62(43-17-5-2-6-18-43)68-63(67-61)44-33-31-40(32-34-44)48-36-35-47(51-23-11-12-24-52(48)51)39-27-29-41(30-28-39)54-38-56-58(53-25-13-14-26-55(53)69-56)60-59(54)65-64(70-60)57-49-21-9-7-19-45(49)37-46-20-8-10-22-50(46)57/h1-38H. The summed E-state index contributed by atoms with van der Waals surface area (Å²) in [4.78, 5) is 20.2. The maximum atomic E-state index is 6.99. The molecule has 0 aliphatic rings. The van der Waals surface area contributed by atoms with Crippen LogP contribution in [0.3, 0.4) is 0 Å². The Balaban J connectivity index is 0.847. The van der Waals surface area contributed by atoms with E-state index in [1.165, 1.54) is 10.8 Å². The molecule has 0 radical (unpaired) electrons. The summed E-state index contributed by atoms with van der Waals surface area (Å²) in [6, 6.07) is 80.0. The predicted octanol–water partition coefficient (Wildman–Crippen LogP) is 17.0. The zero-order valence-electron chi connectivity index (χ0n) is 37.5. The maximum absolute atomic E-state index is 6.99. The summed E-state index contributed by atoms with van der Waals surface area (Å²) in [5.74, 6) is 2.49. The van der Waals surface area contributed by atoms with E-state index in [4.69, 9.17) is 28.8 Å². The van der Waals surface area contributed by atoms with Gasteiger partial charge in [0, 0.05) is 27.6 Å². The Kier molecular flexibility index (Phi) is 9.10. The van der Waals surface area contributed by atoms with Crippen molar-refractivity contribution in [2.45, 2.75) is 0 Å². The third-order valence-electron chi connectivity index (χ3n) is 13.6. The van der Waals surface area contributed by atoms with Gasteiger partial charge in [0.15, 0.2) is 23.1 Å². The number of hydrogen-bond donors (Lipinski definition) is 0. The van der Waals surface area contributed by atoms with Crippen LogP contribution >= 0.6 is 0 Å².